The molecule has 0 saturated carbocycles. The lowest BCUT2D eigenvalue weighted by atomic mass is 10.00. The summed E-state index contributed by atoms with van der Waals surface area (Å²) in [6.45, 7) is 7.32. The van der Waals surface area contributed by atoms with Crippen molar-refractivity contribution in [2.75, 3.05) is 26.2 Å². The minimum absolute atomic E-state index is 0.400. The van der Waals surface area contributed by atoms with Crippen molar-refractivity contribution in [1.82, 2.24) is 19.0 Å². The normalized spacial score (nSPS) is 19.3. The molecular weight excluding hydrogens is 384 g/mol. The Morgan fingerprint density at radius 3 is 2.38 bits per heavy atom. The topological polar surface area (TPSA) is 58.4 Å². The fraction of sp³-hybridized carbons (Fsp3) is 0.500. The number of aryl methyl sites for hydroxylation is 1. The van der Waals surface area contributed by atoms with E-state index in [1.54, 1.807) is 4.31 Å². The van der Waals surface area contributed by atoms with Gasteiger partial charge in [-0.05, 0) is 44.2 Å². The largest absolute Gasteiger partial charge is 0.280 e. The summed E-state index contributed by atoms with van der Waals surface area (Å²) in [5, 5.41) is 4.59. The minimum atomic E-state index is -3.47. The van der Waals surface area contributed by atoms with Crippen LogP contribution in [0.2, 0.25) is 0 Å². The first-order valence-electron chi connectivity index (χ1n) is 10.5. The monoisotopic (exact) mass is 414 g/mol. The van der Waals surface area contributed by atoms with Gasteiger partial charge < -0.3 is 0 Å². The number of hydrogen-bond donors (Lipinski definition) is 0. The van der Waals surface area contributed by atoms with Gasteiger partial charge in [0.1, 0.15) is 4.90 Å². The van der Waals surface area contributed by atoms with E-state index in [0.717, 1.165) is 44.5 Å². The molecule has 0 spiro atoms. The number of piperidine rings is 1. The first-order chi connectivity index (χ1) is 14.0. The van der Waals surface area contributed by atoms with Crippen molar-refractivity contribution in [3.63, 3.8) is 0 Å². The SMILES string of the molecule is Cc1nn(CN2CC=C(c3ccccc3)CC2)c(C)c1S(=O)(=O)N1CCCCC1. The zero-order valence-corrected chi connectivity index (χ0v) is 18.2. The Labute approximate surface area is 173 Å². The minimum Gasteiger partial charge on any atom is -0.280 e. The maximum atomic E-state index is 13.2. The van der Waals surface area contributed by atoms with Gasteiger partial charge in [-0.2, -0.15) is 9.40 Å². The number of rotatable bonds is 5. The van der Waals surface area contributed by atoms with Gasteiger partial charge in [0.05, 0.1) is 18.1 Å². The Hall–Kier alpha value is -1.96. The van der Waals surface area contributed by atoms with Crippen LogP contribution in [-0.4, -0.2) is 53.6 Å². The highest BCUT2D eigenvalue weighted by molar-refractivity contribution is 7.89. The molecule has 6 nitrogen and oxygen atoms in total. The molecule has 0 atom stereocenters. The summed E-state index contributed by atoms with van der Waals surface area (Å²) < 4.78 is 29.9. The van der Waals surface area contributed by atoms with Crippen molar-refractivity contribution in [2.24, 2.45) is 0 Å². The summed E-state index contributed by atoms with van der Waals surface area (Å²) in [5.74, 6) is 0. The van der Waals surface area contributed by atoms with Crippen LogP contribution in [0.1, 0.15) is 42.6 Å². The van der Waals surface area contributed by atoms with Crippen LogP contribution < -0.4 is 0 Å². The summed E-state index contributed by atoms with van der Waals surface area (Å²) >= 11 is 0. The molecule has 1 aromatic carbocycles. The van der Waals surface area contributed by atoms with Crippen molar-refractivity contribution in [3.8, 4) is 0 Å². The molecule has 2 aliphatic rings. The molecule has 0 amide bonds. The van der Waals surface area contributed by atoms with Crippen molar-refractivity contribution < 1.29 is 8.42 Å². The summed E-state index contributed by atoms with van der Waals surface area (Å²) in [4.78, 5) is 2.71. The molecule has 0 N–H and O–H groups in total. The lowest BCUT2D eigenvalue weighted by molar-refractivity contribution is 0.225. The molecule has 2 aromatic rings. The van der Waals surface area contributed by atoms with Gasteiger partial charge in [-0.3, -0.25) is 9.58 Å². The van der Waals surface area contributed by atoms with E-state index in [2.05, 4.69) is 40.3 Å². The van der Waals surface area contributed by atoms with Gasteiger partial charge in [0.2, 0.25) is 10.0 Å². The molecule has 4 rings (SSSR count). The smallest absolute Gasteiger partial charge is 0.246 e. The molecule has 156 valence electrons. The Bertz CT molecular complexity index is 989. The lowest BCUT2D eigenvalue weighted by Gasteiger charge is -2.27. The Morgan fingerprint density at radius 2 is 1.72 bits per heavy atom. The van der Waals surface area contributed by atoms with Crippen LogP contribution >= 0.6 is 0 Å². The molecule has 0 aliphatic carbocycles. The van der Waals surface area contributed by atoms with Gasteiger partial charge in [-0.15, -0.1) is 0 Å². The molecule has 0 bridgehead atoms. The van der Waals surface area contributed by atoms with Crippen molar-refractivity contribution in [1.29, 1.82) is 0 Å². The Kier molecular flexibility index (Phi) is 5.90. The van der Waals surface area contributed by atoms with Crippen molar-refractivity contribution in [3.05, 3.63) is 53.4 Å². The average Bonchev–Trinajstić information content (AvgIpc) is 3.03. The number of hydrogen-bond acceptors (Lipinski definition) is 4. The molecule has 7 heteroatoms. The van der Waals surface area contributed by atoms with Gasteiger partial charge >= 0.3 is 0 Å². The van der Waals surface area contributed by atoms with Crippen molar-refractivity contribution >= 4 is 15.6 Å². The summed E-state index contributed by atoms with van der Waals surface area (Å²) in [6, 6.07) is 10.5. The first-order valence-corrected chi connectivity index (χ1v) is 11.9. The van der Waals surface area contributed by atoms with Crippen LogP contribution in [0.4, 0.5) is 0 Å². The molecule has 29 heavy (non-hydrogen) atoms. The average molecular weight is 415 g/mol. The van der Waals surface area contributed by atoms with Gasteiger partial charge in [0.15, 0.2) is 0 Å². The summed E-state index contributed by atoms with van der Waals surface area (Å²) in [7, 11) is -3.47. The van der Waals surface area contributed by atoms with E-state index < -0.39 is 10.0 Å². The lowest BCUT2D eigenvalue weighted by Crippen LogP contribution is -2.36. The summed E-state index contributed by atoms with van der Waals surface area (Å²) in [6.07, 6.45) is 6.25. The van der Waals surface area contributed by atoms with Crippen LogP contribution in [-0.2, 0) is 16.7 Å². The van der Waals surface area contributed by atoms with E-state index in [4.69, 9.17) is 0 Å². The summed E-state index contributed by atoms with van der Waals surface area (Å²) in [5.41, 5.74) is 4.01. The zero-order valence-electron chi connectivity index (χ0n) is 17.3. The van der Waals surface area contributed by atoms with Gasteiger partial charge in [0.25, 0.3) is 0 Å². The molecule has 2 aliphatic heterocycles. The van der Waals surface area contributed by atoms with E-state index >= 15 is 0 Å². The second-order valence-electron chi connectivity index (χ2n) is 8.03. The Morgan fingerprint density at radius 1 is 1.00 bits per heavy atom. The molecule has 1 saturated heterocycles. The molecule has 0 radical (unpaired) electrons. The standard InChI is InChI=1S/C22H30N4O2S/c1-18-22(29(27,28)25-13-7-4-8-14-25)19(2)26(23-18)17-24-15-11-21(12-16-24)20-9-5-3-6-10-20/h3,5-6,9-11H,4,7-8,12-17H2,1-2H3. The van der Waals surface area contributed by atoms with E-state index in [-0.39, 0.29) is 0 Å². The van der Waals surface area contributed by atoms with Crippen LogP contribution in [0.5, 0.6) is 0 Å². The molecule has 3 heterocycles. The fourth-order valence-corrected chi connectivity index (χ4v) is 6.26. The highest BCUT2D eigenvalue weighted by atomic mass is 32.2. The predicted octanol–water partition coefficient (Wildman–Crippen LogP) is 3.42. The van der Waals surface area contributed by atoms with E-state index in [9.17, 15) is 8.42 Å². The fourth-order valence-electron chi connectivity index (χ4n) is 4.37. The van der Waals surface area contributed by atoms with E-state index in [1.165, 1.54) is 11.1 Å². The predicted molar refractivity (Wildman–Crippen MR) is 115 cm³/mol. The quantitative estimate of drug-likeness (QED) is 0.752. The van der Waals surface area contributed by atoms with Crippen LogP contribution in [0.25, 0.3) is 5.57 Å². The molecule has 0 unspecified atom stereocenters. The molecular formula is C22H30N4O2S. The maximum absolute atomic E-state index is 13.2. The Balaban J connectivity index is 1.50. The second kappa shape index (κ2) is 8.42. The number of benzene rings is 1. The third-order valence-electron chi connectivity index (χ3n) is 6.00. The van der Waals surface area contributed by atoms with Gasteiger partial charge in [-0.1, -0.05) is 42.8 Å². The van der Waals surface area contributed by atoms with Crippen LogP contribution in [0, 0.1) is 13.8 Å². The third-order valence-corrected chi connectivity index (χ3v) is 8.15. The highest BCUT2D eigenvalue weighted by Gasteiger charge is 2.32. The highest BCUT2D eigenvalue weighted by Crippen LogP contribution is 2.27. The second-order valence-corrected chi connectivity index (χ2v) is 9.90. The van der Waals surface area contributed by atoms with Crippen LogP contribution in [0.3, 0.4) is 0 Å². The van der Waals surface area contributed by atoms with Gasteiger partial charge in [0, 0.05) is 26.2 Å². The van der Waals surface area contributed by atoms with Crippen LogP contribution in [0.15, 0.2) is 41.3 Å². The van der Waals surface area contributed by atoms with E-state index in [0.29, 0.717) is 30.3 Å². The third kappa shape index (κ3) is 4.17. The molecule has 1 fully saturated rings. The number of aromatic nitrogens is 2. The number of nitrogens with zero attached hydrogens (tertiary/aromatic N) is 4. The molecule has 1 aromatic heterocycles. The zero-order chi connectivity index (χ0) is 20.4. The first kappa shape index (κ1) is 20.3. The van der Waals surface area contributed by atoms with Gasteiger partial charge in [-0.25, -0.2) is 8.42 Å². The maximum Gasteiger partial charge on any atom is 0.246 e. The van der Waals surface area contributed by atoms with E-state index in [1.807, 2.05) is 24.6 Å². The number of sulfonamides is 1. The van der Waals surface area contributed by atoms with Crippen molar-refractivity contribution in [2.45, 2.75) is 51.1 Å².